The standard InChI is InChI=1S/C20H25N3O2/c1-14-11-15(2)22-19(24)17(14)12-21-20(25)18-9-6-10-23(18)13-16-7-4-3-5-8-16/h3-5,7-8,11,18H,6,9-10,12-13H2,1-2H3,(H,21,25)(H,22,24)/t18-/m1/s1. The van der Waals surface area contributed by atoms with Gasteiger partial charge in [0, 0.05) is 24.3 Å². The Morgan fingerprint density at radius 3 is 2.76 bits per heavy atom. The monoisotopic (exact) mass is 339 g/mol. The number of aryl methyl sites for hydroxylation is 2. The lowest BCUT2D eigenvalue weighted by molar-refractivity contribution is -0.125. The Morgan fingerprint density at radius 2 is 2.04 bits per heavy atom. The predicted octanol–water partition coefficient (Wildman–Crippen LogP) is 2.27. The lowest BCUT2D eigenvalue weighted by atomic mass is 10.1. The van der Waals surface area contributed by atoms with Crippen molar-refractivity contribution in [1.82, 2.24) is 15.2 Å². The second-order valence-corrected chi connectivity index (χ2v) is 6.77. The zero-order valence-electron chi connectivity index (χ0n) is 14.8. The van der Waals surface area contributed by atoms with E-state index in [2.05, 4.69) is 27.3 Å². The van der Waals surface area contributed by atoms with Crippen LogP contribution in [0.15, 0.2) is 41.2 Å². The number of aromatic amines is 1. The first kappa shape index (κ1) is 17.4. The van der Waals surface area contributed by atoms with Crippen molar-refractivity contribution in [1.29, 1.82) is 0 Å². The molecule has 0 unspecified atom stereocenters. The highest BCUT2D eigenvalue weighted by atomic mass is 16.2. The molecule has 5 nitrogen and oxygen atoms in total. The third-order valence-corrected chi connectivity index (χ3v) is 4.83. The van der Waals surface area contributed by atoms with Crippen molar-refractivity contribution in [2.75, 3.05) is 6.54 Å². The number of aromatic nitrogens is 1. The van der Waals surface area contributed by atoms with Crippen molar-refractivity contribution < 1.29 is 4.79 Å². The molecule has 0 aliphatic carbocycles. The van der Waals surface area contributed by atoms with Gasteiger partial charge in [-0.2, -0.15) is 0 Å². The molecule has 1 saturated heterocycles. The van der Waals surface area contributed by atoms with E-state index in [0.717, 1.165) is 37.2 Å². The first-order valence-corrected chi connectivity index (χ1v) is 8.79. The van der Waals surface area contributed by atoms with Crippen LogP contribution < -0.4 is 10.9 Å². The molecule has 0 bridgehead atoms. The fraction of sp³-hybridized carbons (Fsp3) is 0.400. The summed E-state index contributed by atoms with van der Waals surface area (Å²) in [6, 6.07) is 12.0. The highest BCUT2D eigenvalue weighted by Gasteiger charge is 2.30. The van der Waals surface area contributed by atoms with Crippen LogP contribution in [-0.2, 0) is 17.9 Å². The quantitative estimate of drug-likeness (QED) is 0.878. The third-order valence-electron chi connectivity index (χ3n) is 4.83. The summed E-state index contributed by atoms with van der Waals surface area (Å²) in [4.78, 5) is 29.7. The summed E-state index contributed by atoms with van der Waals surface area (Å²) in [5.41, 5.74) is 3.47. The SMILES string of the molecule is Cc1cc(C)c(CNC(=O)[C@H]2CCCN2Cc2ccccc2)c(=O)[nH]1. The van der Waals surface area contributed by atoms with Crippen LogP contribution in [0, 0.1) is 13.8 Å². The highest BCUT2D eigenvalue weighted by molar-refractivity contribution is 5.82. The molecule has 2 aromatic rings. The molecule has 1 aliphatic rings. The number of hydrogen-bond donors (Lipinski definition) is 2. The molecule has 0 spiro atoms. The minimum absolute atomic E-state index is 0.00723. The van der Waals surface area contributed by atoms with Gasteiger partial charge in [0.15, 0.2) is 0 Å². The highest BCUT2D eigenvalue weighted by Crippen LogP contribution is 2.20. The minimum atomic E-state index is -0.120. The molecule has 2 heterocycles. The number of carbonyl (C=O) groups excluding carboxylic acids is 1. The Labute approximate surface area is 148 Å². The molecule has 2 N–H and O–H groups in total. The number of rotatable bonds is 5. The maximum absolute atomic E-state index is 12.6. The number of nitrogens with zero attached hydrogens (tertiary/aromatic N) is 1. The van der Waals surface area contributed by atoms with E-state index in [0.29, 0.717) is 5.56 Å². The molecule has 1 atom stereocenters. The van der Waals surface area contributed by atoms with Gasteiger partial charge < -0.3 is 10.3 Å². The molecule has 5 heteroatoms. The number of nitrogens with one attached hydrogen (secondary N) is 2. The number of hydrogen-bond acceptors (Lipinski definition) is 3. The van der Waals surface area contributed by atoms with Gasteiger partial charge in [-0.15, -0.1) is 0 Å². The fourth-order valence-electron chi connectivity index (χ4n) is 3.52. The largest absolute Gasteiger partial charge is 0.350 e. The van der Waals surface area contributed by atoms with E-state index in [1.807, 2.05) is 38.1 Å². The van der Waals surface area contributed by atoms with E-state index in [1.54, 1.807) is 0 Å². The number of pyridine rings is 1. The molecule has 1 amide bonds. The van der Waals surface area contributed by atoms with Crippen molar-refractivity contribution in [3.8, 4) is 0 Å². The van der Waals surface area contributed by atoms with Gasteiger partial charge in [-0.1, -0.05) is 30.3 Å². The van der Waals surface area contributed by atoms with Crippen LogP contribution in [-0.4, -0.2) is 28.4 Å². The Hall–Kier alpha value is -2.40. The molecule has 0 saturated carbocycles. The van der Waals surface area contributed by atoms with Gasteiger partial charge in [0.1, 0.15) is 0 Å². The third kappa shape index (κ3) is 4.17. The van der Waals surface area contributed by atoms with Crippen molar-refractivity contribution in [2.24, 2.45) is 0 Å². The molecule has 25 heavy (non-hydrogen) atoms. The maximum Gasteiger partial charge on any atom is 0.253 e. The molecule has 0 radical (unpaired) electrons. The number of amides is 1. The maximum atomic E-state index is 12.6. The van der Waals surface area contributed by atoms with Crippen LogP contribution in [0.4, 0.5) is 0 Å². The van der Waals surface area contributed by atoms with Gasteiger partial charge in [-0.05, 0) is 50.4 Å². The second kappa shape index (κ2) is 7.66. The van der Waals surface area contributed by atoms with Gasteiger partial charge in [-0.3, -0.25) is 14.5 Å². The Kier molecular flexibility index (Phi) is 5.34. The molecule has 1 aliphatic heterocycles. The van der Waals surface area contributed by atoms with E-state index < -0.39 is 0 Å². The number of carbonyl (C=O) groups is 1. The zero-order valence-corrected chi connectivity index (χ0v) is 14.8. The van der Waals surface area contributed by atoms with Crippen LogP contribution in [0.5, 0.6) is 0 Å². The molecule has 1 aromatic carbocycles. The Morgan fingerprint density at radius 1 is 1.28 bits per heavy atom. The van der Waals surface area contributed by atoms with Crippen molar-refractivity contribution in [3.05, 3.63) is 69.1 Å². The van der Waals surface area contributed by atoms with Gasteiger partial charge >= 0.3 is 0 Å². The lowest BCUT2D eigenvalue weighted by Crippen LogP contribution is -2.43. The van der Waals surface area contributed by atoms with E-state index in [4.69, 9.17) is 0 Å². The molecule has 132 valence electrons. The zero-order chi connectivity index (χ0) is 17.8. The van der Waals surface area contributed by atoms with E-state index in [1.165, 1.54) is 5.56 Å². The average molecular weight is 339 g/mol. The van der Waals surface area contributed by atoms with Crippen LogP contribution in [0.3, 0.4) is 0 Å². The van der Waals surface area contributed by atoms with Crippen molar-refractivity contribution in [3.63, 3.8) is 0 Å². The van der Waals surface area contributed by atoms with E-state index in [-0.39, 0.29) is 24.1 Å². The van der Waals surface area contributed by atoms with Crippen LogP contribution in [0.1, 0.15) is 35.2 Å². The molecule has 1 fully saturated rings. The number of likely N-dealkylation sites (tertiary alicyclic amines) is 1. The summed E-state index contributed by atoms with van der Waals surface area (Å²) in [5, 5.41) is 2.96. The lowest BCUT2D eigenvalue weighted by Gasteiger charge is -2.23. The normalized spacial score (nSPS) is 17.6. The fourth-order valence-corrected chi connectivity index (χ4v) is 3.52. The van der Waals surface area contributed by atoms with Crippen molar-refractivity contribution >= 4 is 5.91 Å². The van der Waals surface area contributed by atoms with E-state index in [9.17, 15) is 9.59 Å². The molecular formula is C20H25N3O2. The summed E-state index contributed by atoms with van der Waals surface area (Å²) in [6.07, 6.45) is 1.89. The topological polar surface area (TPSA) is 65.2 Å². The van der Waals surface area contributed by atoms with Gasteiger partial charge in [0.25, 0.3) is 5.56 Å². The smallest absolute Gasteiger partial charge is 0.253 e. The molecular weight excluding hydrogens is 314 g/mol. The minimum Gasteiger partial charge on any atom is -0.350 e. The Balaban J connectivity index is 1.63. The van der Waals surface area contributed by atoms with Gasteiger partial charge in [0.05, 0.1) is 6.04 Å². The van der Waals surface area contributed by atoms with Crippen LogP contribution in [0.2, 0.25) is 0 Å². The number of H-pyrrole nitrogens is 1. The van der Waals surface area contributed by atoms with Gasteiger partial charge in [-0.25, -0.2) is 0 Å². The van der Waals surface area contributed by atoms with E-state index >= 15 is 0 Å². The van der Waals surface area contributed by atoms with Gasteiger partial charge in [0.2, 0.25) is 5.91 Å². The molecule has 1 aromatic heterocycles. The first-order chi connectivity index (χ1) is 12.0. The van der Waals surface area contributed by atoms with Crippen molar-refractivity contribution in [2.45, 2.75) is 45.8 Å². The summed E-state index contributed by atoms with van der Waals surface area (Å²) in [7, 11) is 0. The first-order valence-electron chi connectivity index (χ1n) is 8.79. The molecule has 3 rings (SSSR count). The summed E-state index contributed by atoms with van der Waals surface area (Å²) in [5.74, 6) is 0.00723. The Bertz CT molecular complexity index is 798. The second-order valence-electron chi connectivity index (χ2n) is 6.77. The number of benzene rings is 1. The van der Waals surface area contributed by atoms with Crippen LogP contribution in [0.25, 0.3) is 0 Å². The summed E-state index contributed by atoms with van der Waals surface area (Å²) >= 11 is 0. The predicted molar refractivity (Wildman–Crippen MR) is 98.3 cm³/mol. The summed E-state index contributed by atoms with van der Waals surface area (Å²) < 4.78 is 0. The average Bonchev–Trinajstić information content (AvgIpc) is 3.03. The van der Waals surface area contributed by atoms with Crippen LogP contribution >= 0.6 is 0 Å². The summed E-state index contributed by atoms with van der Waals surface area (Å²) in [6.45, 7) is 5.74.